The van der Waals surface area contributed by atoms with Crippen LogP contribution in [0.3, 0.4) is 0 Å². The van der Waals surface area contributed by atoms with Gasteiger partial charge in [-0.3, -0.25) is 0 Å². The van der Waals surface area contributed by atoms with Crippen LogP contribution in [-0.2, 0) is 5.75 Å². The molecule has 0 aliphatic heterocycles. The fourth-order valence-electron chi connectivity index (χ4n) is 1.14. The third-order valence-electron chi connectivity index (χ3n) is 1.84. The average molecular weight is 205 g/mol. The Morgan fingerprint density at radius 3 is 2.71 bits per heavy atom. The predicted molar refractivity (Wildman–Crippen MR) is 57.2 cm³/mol. The molecule has 1 aromatic heterocycles. The largest absolute Gasteiger partial charge is 0.361 e. The Hall–Kier alpha value is -1.22. The number of hydrogen-bond donors (Lipinski definition) is 0. The molecular weight excluding hydrogens is 194 g/mol. The van der Waals surface area contributed by atoms with E-state index in [1.807, 2.05) is 31.2 Å². The molecule has 2 aromatic rings. The molecular formula is C11H11NOS. The number of benzene rings is 1. The molecule has 2 rings (SSSR count). The quantitative estimate of drug-likeness (QED) is 0.719. The molecule has 0 N–H and O–H groups in total. The van der Waals surface area contributed by atoms with Gasteiger partial charge in [-0.05, 0) is 12.5 Å². The van der Waals surface area contributed by atoms with Crippen molar-refractivity contribution in [3.63, 3.8) is 0 Å². The van der Waals surface area contributed by atoms with E-state index in [1.54, 1.807) is 11.8 Å². The first kappa shape index (κ1) is 9.34. The van der Waals surface area contributed by atoms with Gasteiger partial charge in [0.25, 0.3) is 0 Å². The Kier molecular flexibility index (Phi) is 2.89. The lowest BCUT2D eigenvalue weighted by Crippen LogP contribution is -1.78. The molecule has 0 radical (unpaired) electrons. The molecule has 0 atom stereocenters. The van der Waals surface area contributed by atoms with Crippen molar-refractivity contribution in [3.8, 4) is 0 Å². The zero-order chi connectivity index (χ0) is 9.80. The number of hydrogen-bond acceptors (Lipinski definition) is 3. The molecule has 0 fully saturated rings. The van der Waals surface area contributed by atoms with E-state index in [0.29, 0.717) is 0 Å². The van der Waals surface area contributed by atoms with Crippen LogP contribution in [0.25, 0.3) is 0 Å². The second-order valence-electron chi connectivity index (χ2n) is 3.05. The molecule has 0 aliphatic rings. The summed E-state index contributed by atoms with van der Waals surface area (Å²) in [6, 6.07) is 12.3. The third-order valence-corrected chi connectivity index (χ3v) is 2.80. The third kappa shape index (κ3) is 2.39. The average Bonchev–Trinajstić information content (AvgIpc) is 2.63. The van der Waals surface area contributed by atoms with Crippen LogP contribution in [0.5, 0.6) is 0 Å². The number of thioether (sulfide) groups is 1. The van der Waals surface area contributed by atoms with Crippen LogP contribution in [0.4, 0.5) is 0 Å². The first-order valence-electron chi connectivity index (χ1n) is 4.44. The van der Waals surface area contributed by atoms with Crippen LogP contribution in [0.1, 0.15) is 11.3 Å². The van der Waals surface area contributed by atoms with Gasteiger partial charge >= 0.3 is 0 Å². The summed E-state index contributed by atoms with van der Waals surface area (Å²) >= 11 is 1.69. The maximum atomic E-state index is 4.98. The summed E-state index contributed by atoms with van der Waals surface area (Å²) in [6.07, 6.45) is 0. The first-order valence-corrected chi connectivity index (χ1v) is 5.43. The lowest BCUT2D eigenvalue weighted by atomic mass is 10.2. The number of nitrogens with zero attached hydrogens (tertiary/aromatic N) is 1. The van der Waals surface area contributed by atoms with Crippen molar-refractivity contribution in [2.75, 3.05) is 0 Å². The van der Waals surface area contributed by atoms with Crippen LogP contribution in [0.2, 0.25) is 0 Å². The Labute approximate surface area is 87.3 Å². The summed E-state index contributed by atoms with van der Waals surface area (Å²) in [5.41, 5.74) is 1.30. The highest BCUT2D eigenvalue weighted by Gasteiger charge is 2.00. The zero-order valence-electron chi connectivity index (χ0n) is 7.93. The minimum Gasteiger partial charge on any atom is -0.361 e. The van der Waals surface area contributed by atoms with Gasteiger partial charge in [-0.25, -0.2) is 0 Å². The molecule has 0 amide bonds. The summed E-state index contributed by atoms with van der Waals surface area (Å²) < 4.78 is 4.98. The van der Waals surface area contributed by atoms with Gasteiger partial charge < -0.3 is 4.52 Å². The highest BCUT2D eigenvalue weighted by molar-refractivity contribution is 7.98. The van der Waals surface area contributed by atoms with Crippen molar-refractivity contribution in [3.05, 3.63) is 47.7 Å². The van der Waals surface area contributed by atoms with E-state index in [1.165, 1.54) is 5.56 Å². The van der Waals surface area contributed by atoms with Gasteiger partial charge in [0, 0.05) is 11.8 Å². The van der Waals surface area contributed by atoms with Crippen LogP contribution in [0, 0.1) is 6.92 Å². The van der Waals surface area contributed by atoms with E-state index >= 15 is 0 Å². The van der Waals surface area contributed by atoms with Crippen LogP contribution in [-0.4, -0.2) is 5.16 Å². The van der Waals surface area contributed by atoms with E-state index in [2.05, 4.69) is 17.3 Å². The smallest absolute Gasteiger partial charge is 0.140 e. The molecule has 2 nitrogen and oxygen atoms in total. The van der Waals surface area contributed by atoms with Gasteiger partial charge in [0.1, 0.15) is 10.8 Å². The SMILES string of the molecule is Cc1cc(SCc2ccccc2)no1. The number of rotatable bonds is 3. The Morgan fingerprint density at radius 1 is 1.29 bits per heavy atom. The van der Waals surface area contributed by atoms with Crippen molar-refractivity contribution in [1.29, 1.82) is 0 Å². The molecule has 72 valence electrons. The summed E-state index contributed by atoms with van der Waals surface area (Å²) in [6.45, 7) is 1.90. The zero-order valence-corrected chi connectivity index (χ0v) is 8.75. The maximum absolute atomic E-state index is 4.98. The predicted octanol–water partition coefficient (Wildman–Crippen LogP) is 3.28. The van der Waals surface area contributed by atoms with Crippen molar-refractivity contribution in [2.24, 2.45) is 0 Å². The van der Waals surface area contributed by atoms with Crippen molar-refractivity contribution >= 4 is 11.8 Å². The van der Waals surface area contributed by atoms with Gasteiger partial charge in [0.2, 0.25) is 0 Å². The van der Waals surface area contributed by atoms with E-state index in [-0.39, 0.29) is 0 Å². The van der Waals surface area contributed by atoms with Gasteiger partial charge in [0.05, 0.1) is 0 Å². The molecule has 0 saturated carbocycles. The van der Waals surface area contributed by atoms with Crippen molar-refractivity contribution in [2.45, 2.75) is 17.7 Å². The maximum Gasteiger partial charge on any atom is 0.140 e. The molecule has 1 aromatic carbocycles. The van der Waals surface area contributed by atoms with Crippen molar-refractivity contribution < 1.29 is 4.52 Å². The van der Waals surface area contributed by atoms with Crippen LogP contribution in [0.15, 0.2) is 45.9 Å². The molecule has 0 bridgehead atoms. The van der Waals surface area contributed by atoms with Gasteiger partial charge in [0.15, 0.2) is 0 Å². The van der Waals surface area contributed by atoms with Crippen LogP contribution < -0.4 is 0 Å². The molecule has 0 saturated heterocycles. The Morgan fingerprint density at radius 2 is 2.07 bits per heavy atom. The van der Waals surface area contributed by atoms with E-state index in [9.17, 15) is 0 Å². The molecule has 14 heavy (non-hydrogen) atoms. The second kappa shape index (κ2) is 4.33. The highest BCUT2D eigenvalue weighted by atomic mass is 32.2. The normalized spacial score (nSPS) is 10.4. The lowest BCUT2D eigenvalue weighted by Gasteiger charge is -1.96. The summed E-state index contributed by atoms with van der Waals surface area (Å²) in [7, 11) is 0. The molecule has 1 heterocycles. The standard InChI is InChI=1S/C11H11NOS/c1-9-7-11(12-13-9)14-8-10-5-3-2-4-6-10/h2-7H,8H2,1H3. The first-order chi connectivity index (χ1) is 6.84. The Bertz CT molecular complexity index is 397. The fraction of sp³-hybridized carbons (Fsp3) is 0.182. The topological polar surface area (TPSA) is 26.0 Å². The Balaban J connectivity index is 1.95. The molecule has 0 aliphatic carbocycles. The monoisotopic (exact) mass is 205 g/mol. The van der Waals surface area contributed by atoms with E-state index in [4.69, 9.17) is 4.52 Å². The number of aromatic nitrogens is 1. The molecule has 3 heteroatoms. The van der Waals surface area contributed by atoms with E-state index < -0.39 is 0 Å². The summed E-state index contributed by atoms with van der Waals surface area (Å²) in [5, 5.41) is 4.87. The summed E-state index contributed by atoms with van der Waals surface area (Å²) in [4.78, 5) is 0. The number of aryl methyl sites for hydroxylation is 1. The van der Waals surface area contributed by atoms with Crippen LogP contribution >= 0.6 is 11.8 Å². The minimum atomic E-state index is 0.862. The summed E-state index contributed by atoms with van der Waals surface area (Å²) in [5.74, 6) is 1.80. The lowest BCUT2D eigenvalue weighted by molar-refractivity contribution is 0.383. The van der Waals surface area contributed by atoms with Gasteiger partial charge in [-0.1, -0.05) is 47.3 Å². The minimum absolute atomic E-state index is 0.862. The molecule has 0 spiro atoms. The van der Waals surface area contributed by atoms with Gasteiger partial charge in [-0.15, -0.1) is 0 Å². The van der Waals surface area contributed by atoms with E-state index in [0.717, 1.165) is 16.5 Å². The van der Waals surface area contributed by atoms with Crippen molar-refractivity contribution in [1.82, 2.24) is 5.16 Å². The molecule has 0 unspecified atom stereocenters. The second-order valence-corrected chi connectivity index (χ2v) is 4.05. The highest BCUT2D eigenvalue weighted by Crippen LogP contribution is 2.21. The fourth-order valence-corrected chi connectivity index (χ4v) is 1.99. The van der Waals surface area contributed by atoms with Gasteiger partial charge in [-0.2, -0.15) is 0 Å².